The van der Waals surface area contributed by atoms with Gasteiger partial charge in [-0.3, -0.25) is 4.99 Å². The Morgan fingerprint density at radius 2 is 2.17 bits per heavy atom. The van der Waals surface area contributed by atoms with E-state index in [1.165, 1.54) is 12.7 Å². The van der Waals surface area contributed by atoms with Crippen LogP contribution < -0.4 is 10.6 Å². The Labute approximate surface area is 138 Å². The highest BCUT2D eigenvalue weighted by atomic mass is 32.2. The first-order valence-corrected chi connectivity index (χ1v) is 10.5. The Balaban J connectivity index is 1.60. The van der Waals surface area contributed by atoms with E-state index in [0.717, 1.165) is 38.2 Å². The van der Waals surface area contributed by atoms with Gasteiger partial charge < -0.3 is 15.4 Å². The van der Waals surface area contributed by atoms with E-state index in [2.05, 4.69) is 15.6 Å². The van der Waals surface area contributed by atoms with Gasteiger partial charge in [-0.1, -0.05) is 0 Å². The molecule has 0 aliphatic carbocycles. The number of ether oxygens (including phenoxy) is 1. The number of rotatable bonds is 5. The van der Waals surface area contributed by atoms with Crippen molar-refractivity contribution in [3.8, 4) is 0 Å². The van der Waals surface area contributed by atoms with Crippen molar-refractivity contribution in [3.63, 3.8) is 0 Å². The Hall–Kier alpha value is -0.860. The van der Waals surface area contributed by atoms with Gasteiger partial charge in [-0.05, 0) is 39.0 Å². The van der Waals surface area contributed by atoms with Crippen LogP contribution in [0.4, 0.5) is 0 Å². The smallest absolute Gasteiger partial charge is 0.211 e. The number of fused-ring (bicyclic) bond motifs is 2. The molecule has 0 amide bonds. The van der Waals surface area contributed by atoms with E-state index in [4.69, 9.17) is 4.74 Å². The van der Waals surface area contributed by atoms with Gasteiger partial charge in [0.15, 0.2) is 5.96 Å². The molecule has 0 saturated carbocycles. The topological polar surface area (TPSA) is 83.0 Å². The summed E-state index contributed by atoms with van der Waals surface area (Å²) in [6.07, 6.45) is 7.09. The van der Waals surface area contributed by atoms with E-state index in [-0.39, 0.29) is 6.04 Å². The number of aliphatic imine (C=N–C) groups is 1. The van der Waals surface area contributed by atoms with E-state index in [0.29, 0.717) is 31.3 Å². The minimum atomic E-state index is -3.14. The fourth-order valence-corrected chi connectivity index (χ4v) is 5.08. The van der Waals surface area contributed by atoms with Gasteiger partial charge in [-0.25, -0.2) is 8.42 Å². The zero-order chi connectivity index (χ0) is 16.4. The number of hydrogen-bond acceptors (Lipinski definition) is 4. The van der Waals surface area contributed by atoms with Crippen LogP contribution >= 0.6 is 0 Å². The van der Waals surface area contributed by atoms with Crippen LogP contribution in [0.25, 0.3) is 0 Å². The normalized spacial score (nSPS) is 35.0. The molecule has 0 aromatic heterocycles. The average molecular weight is 344 g/mol. The lowest BCUT2D eigenvalue weighted by atomic mass is 9.96. The number of nitrogens with zero attached hydrogens (tertiary/aromatic N) is 2. The van der Waals surface area contributed by atoms with Crippen molar-refractivity contribution in [3.05, 3.63) is 0 Å². The predicted octanol–water partition coefficient (Wildman–Crippen LogP) is 0.285. The maximum absolute atomic E-state index is 11.8. The molecule has 132 valence electrons. The summed E-state index contributed by atoms with van der Waals surface area (Å²) in [5.74, 6) is 0.772. The monoisotopic (exact) mass is 344 g/mol. The Bertz CT molecular complexity index is 551. The highest BCUT2D eigenvalue weighted by Gasteiger charge is 2.41. The molecule has 23 heavy (non-hydrogen) atoms. The summed E-state index contributed by atoms with van der Waals surface area (Å²) in [4.78, 5) is 4.64. The molecule has 0 aromatic rings. The third-order valence-corrected chi connectivity index (χ3v) is 6.31. The van der Waals surface area contributed by atoms with E-state index >= 15 is 0 Å². The molecule has 0 radical (unpaired) electrons. The molecule has 0 aromatic carbocycles. The maximum atomic E-state index is 11.8. The Morgan fingerprint density at radius 3 is 2.78 bits per heavy atom. The Kier molecular flexibility index (Phi) is 5.13. The van der Waals surface area contributed by atoms with E-state index in [9.17, 15) is 8.42 Å². The lowest BCUT2D eigenvalue weighted by Gasteiger charge is -2.24. The summed E-state index contributed by atoms with van der Waals surface area (Å²) < 4.78 is 31.1. The molecule has 2 bridgehead atoms. The standard InChI is InChI=1S/C15H28N4O3S/c1-3-16-15(18-13-9-12-6-7-14(13)22-12)17-10-11-5-4-8-19(11)23(2,20)21/h11-14H,3-10H2,1-2H3,(H2,16,17,18)/t11-,12?,13?,14?/m1/s1. The minimum Gasteiger partial charge on any atom is -0.373 e. The van der Waals surface area contributed by atoms with Crippen LogP contribution in [0.5, 0.6) is 0 Å². The molecule has 3 heterocycles. The molecule has 8 heteroatoms. The number of guanidine groups is 1. The first-order valence-electron chi connectivity index (χ1n) is 8.64. The van der Waals surface area contributed by atoms with Gasteiger partial charge in [0.25, 0.3) is 0 Å². The van der Waals surface area contributed by atoms with Crippen LogP contribution in [0.3, 0.4) is 0 Å². The molecule has 3 saturated heterocycles. The van der Waals surface area contributed by atoms with E-state index in [1.54, 1.807) is 4.31 Å². The number of hydrogen-bond donors (Lipinski definition) is 2. The van der Waals surface area contributed by atoms with Crippen molar-refractivity contribution in [2.45, 2.75) is 63.3 Å². The third-order valence-electron chi connectivity index (χ3n) is 4.98. The van der Waals surface area contributed by atoms with Crippen molar-refractivity contribution < 1.29 is 13.2 Å². The Morgan fingerprint density at radius 1 is 1.35 bits per heavy atom. The van der Waals surface area contributed by atoms with Crippen LogP contribution in [-0.4, -0.2) is 68.9 Å². The van der Waals surface area contributed by atoms with Gasteiger partial charge in [0.2, 0.25) is 10.0 Å². The summed E-state index contributed by atoms with van der Waals surface area (Å²) in [6, 6.07) is 0.304. The summed E-state index contributed by atoms with van der Waals surface area (Å²) in [6.45, 7) is 3.94. The third kappa shape index (κ3) is 3.97. The first kappa shape index (κ1) is 17.0. The lowest BCUT2D eigenvalue weighted by Crippen LogP contribution is -2.48. The summed E-state index contributed by atoms with van der Waals surface area (Å²) >= 11 is 0. The molecule has 3 unspecified atom stereocenters. The molecular weight excluding hydrogens is 316 g/mol. The van der Waals surface area contributed by atoms with Crippen LogP contribution in [0.2, 0.25) is 0 Å². The molecule has 3 rings (SSSR count). The second kappa shape index (κ2) is 6.94. The summed E-state index contributed by atoms with van der Waals surface area (Å²) in [5, 5.41) is 6.73. The highest BCUT2D eigenvalue weighted by Crippen LogP contribution is 2.34. The molecule has 3 aliphatic rings. The molecule has 2 N–H and O–H groups in total. The van der Waals surface area contributed by atoms with Gasteiger partial charge in [0.05, 0.1) is 31.1 Å². The fourth-order valence-electron chi connectivity index (χ4n) is 3.91. The predicted molar refractivity (Wildman–Crippen MR) is 90.0 cm³/mol. The van der Waals surface area contributed by atoms with Crippen molar-refractivity contribution in [2.75, 3.05) is 25.9 Å². The maximum Gasteiger partial charge on any atom is 0.211 e. The zero-order valence-electron chi connectivity index (χ0n) is 14.0. The largest absolute Gasteiger partial charge is 0.373 e. The molecule has 0 spiro atoms. The number of nitrogens with one attached hydrogen (secondary N) is 2. The van der Waals surface area contributed by atoms with Gasteiger partial charge in [0.1, 0.15) is 0 Å². The fraction of sp³-hybridized carbons (Fsp3) is 0.933. The number of sulfonamides is 1. The summed E-state index contributed by atoms with van der Waals surface area (Å²) in [7, 11) is -3.14. The SMILES string of the molecule is CCNC(=NC[C@H]1CCCN1S(C)(=O)=O)NC1CC2CCC1O2. The molecule has 4 atom stereocenters. The van der Waals surface area contributed by atoms with E-state index in [1.807, 2.05) is 6.92 Å². The van der Waals surface area contributed by atoms with Crippen LogP contribution in [-0.2, 0) is 14.8 Å². The molecule has 3 fully saturated rings. The average Bonchev–Trinajstić information content (AvgIpc) is 3.20. The van der Waals surface area contributed by atoms with Gasteiger partial charge >= 0.3 is 0 Å². The quantitative estimate of drug-likeness (QED) is 0.553. The van der Waals surface area contributed by atoms with Crippen molar-refractivity contribution in [1.82, 2.24) is 14.9 Å². The minimum absolute atomic E-state index is 0.0169. The van der Waals surface area contributed by atoms with Gasteiger partial charge in [0, 0.05) is 19.1 Å². The van der Waals surface area contributed by atoms with Crippen molar-refractivity contribution in [2.24, 2.45) is 4.99 Å². The second-order valence-electron chi connectivity index (χ2n) is 6.75. The van der Waals surface area contributed by atoms with Crippen LogP contribution in [0.1, 0.15) is 39.0 Å². The molecule has 7 nitrogen and oxygen atoms in total. The molecular formula is C15H28N4O3S. The van der Waals surface area contributed by atoms with Gasteiger partial charge in [-0.15, -0.1) is 0 Å². The van der Waals surface area contributed by atoms with Gasteiger partial charge in [-0.2, -0.15) is 4.31 Å². The van der Waals surface area contributed by atoms with Crippen LogP contribution in [0, 0.1) is 0 Å². The highest BCUT2D eigenvalue weighted by molar-refractivity contribution is 7.88. The lowest BCUT2D eigenvalue weighted by molar-refractivity contribution is 0.0992. The van der Waals surface area contributed by atoms with E-state index < -0.39 is 10.0 Å². The second-order valence-corrected chi connectivity index (χ2v) is 8.68. The van der Waals surface area contributed by atoms with Crippen molar-refractivity contribution >= 4 is 16.0 Å². The zero-order valence-corrected chi connectivity index (χ0v) is 14.8. The molecule has 3 aliphatic heterocycles. The van der Waals surface area contributed by atoms with Crippen molar-refractivity contribution in [1.29, 1.82) is 0 Å². The summed E-state index contributed by atoms with van der Waals surface area (Å²) in [5.41, 5.74) is 0. The first-order chi connectivity index (χ1) is 11.0. The van der Waals surface area contributed by atoms with Crippen LogP contribution in [0.15, 0.2) is 4.99 Å².